The van der Waals surface area contributed by atoms with Gasteiger partial charge in [0.05, 0.1) is 0 Å². The number of alkyl halides is 6. The van der Waals surface area contributed by atoms with E-state index in [0.29, 0.717) is 11.1 Å². The molecule has 148 valence electrons. The smallest absolute Gasteiger partial charge is 0.290 e. The maximum Gasteiger partial charge on any atom is 0.446 e. The van der Waals surface area contributed by atoms with Crippen molar-refractivity contribution >= 4 is 41.5 Å². The van der Waals surface area contributed by atoms with Crippen molar-refractivity contribution in [2.75, 3.05) is 0 Å². The Morgan fingerprint density at radius 2 is 0.964 bits per heavy atom. The summed E-state index contributed by atoms with van der Waals surface area (Å²) in [6.07, 6.45) is 5.40. The lowest BCUT2D eigenvalue weighted by Crippen LogP contribution is -1.98. The number of allylic oxidation sites excluding steroid dienone is 2. The maximum atomic E-state index is 12.3. The van der Waals surface area contributed by atoms with E-state index < -0.39 is 11.0 Å². The molecule has 0 aliphatic carbocycles. The molecule has 0 aromatic heterocycles. The predicted octanol–water partition coefficient (Wildman–Crippen LogP) is 7.21. The summed E-state index contributed by atoms with van der Waals surface area (Å²) in [5.74, 6) is -0.373. The second kappa shape index (κ2) is 9.38. The largest absolute Gasteiger partial charge is 0.446 e. The summed E-state index contributed by atoms with van der Waals surface area (Å²) in [4.78, 5) is 11.9. The summed E-state index contributed by atoms with van der Waals surface area (Å²) < 4.78 is 73.6. The molecule has 0 N–H and O–H groups in total. The average molecular weight is 434 g/mol. The normalized spacial score (nSPS) is 12.8. The molecule has 0 aliphatic rings. The summed E-state index contributed by atoms with van der Waals surface area (Å²) >= 11 is -0.445. The van der Waals surface area contributed by atoms with Crippen LogP contribution in [0.5, 0.6) is 0 Å². The van der Waals surface area contributed by atoms with Crippen molar-refractivity contribution in [2.45, 2.75) is 20.8 Å². The zero-order valence-corrected chi connectivity index (χ0v) is 15.6. The van der Waals surface area contributed by atoms with Crippen LogP contribution in [-0.4, -0.2) is 16.8 Å². The number of carbonyl (C=O) groups excluding carboxylic acids is 1. The second-order valence-electron chi connectivity index (χ2n) is 5.30. The van der Waals surface area contributed by atoms with Crippen LogP contribution >= 0.6 is 23.5 Å². The zero-order chi connectivity index (χ0) is 20.8. The molecule has 0 bridgehead atoms. The van der Waals surface area contributed by atoms with Crippen LogP contribution < -0.4 is 0 Å². The fraction of sp³-hybridized carbons (Fsp3) is 0.105. The van der Waals surface area contributed by atoms with Crippen molar-refractivity contribution in [2.24, 2.45) is 0 Å². The summed E-state index contributed by atoms with van der Waals surface area (Å²) in [7, 11) is 0. The lowest BCUT2D eigenvalue weighted by molar-refractivity contribution is -0.110. The Balaban J connectivity index is 1.92. The molecule has 0 atom stereocenters. The molecule has 0 saturated carbocycles. The van der Waals surface area contributed by atoms with E-state index in [4.69, 9.17) is 0 Å². The SMILES string of the molecule is O=C(/C=C/c1ccc(SC(F)(F)F)cc1)/C=C/c1ccc(SC(F)(F)F)cc1. The van der Waals surface area contributed by atoms with Crippen LogP contribution in [0.4, 0.5) is 26.3 Å². The molecule has 2 aromatic rings. The molecule has 0 heterocycles. The Labute approximate surface area is 165 Å². The van der Waals surface area contributed by atoms with Crippen LogP contribution in [0.2, 0.25) is 0 Å². The van der Waals surface area contributed by atoms with Gasteiger partial charge in [-0.05, 0) is 71.1 Å². The van der Waals surface area contributed by atoms with Crippen LogP contribution in [0.3, 0.4) is 0 Å². The molecule has 2 aromatic carbocycles. The van der Waals surface area contributed by atoms with Gasteiger partial charge < -0.3 is 0 Å². The van der Waals surface area contributed by atoms with Crippen LogP contribution in [0.25, 0.3) is 12.2 Å². The predicted molar refractivity (Wildman–Crippen MR) is 99.8 cm³/mol. The minimum absolute atomic E-state index is 0.0444. The first-order valence-corrected chi connectivity index (χ1v) is 9.25. The molecule has 2 rings (SSSR count). The zero-order valence-electron chi connectivity index (χ0n) is 13.9. The molecule has 0 radical (unpaired) electrons. The number of carbonyl (C=O) groups is 1. The van der Waals surface area contributed by atoms with Crippen molar-refractivity contribution in [3.8, 4) is 0 Å². The first-order chi connectivity index (χ1) is 13.0. The Morgan fingerprint density at radius 3 is 1.25 bits per heavy atom. The first-order valence-electron chi connectivity index (χ1n) is 7.62. The van der Waals surface area contributed by atoms with Gasteiger partial charge in [-0.2, -0.15) is 26.3 Å². The summed E-state index contributed by atoms with van der Waals surface area (Å²) in [6.45, 7) is 0. The van der Waals surface area contributed by atoms with E-state index >= 15 is 0 Å². The van der Waals surface area contributed by atoms with E-state index in [1.807, 2.05) is 0 Å². The average Bonchev–Trinajstić information content (AvgIpc) is 2.58. The Kier molecular flexibility index (Phi) is 7.42. The monoisotopic (exact) mass is 434 g/mol. The summed E-state index contributed by atoms with van der Waals surface area (Å²) in [5.41, 5.74) is -7.60. The number of thioether (sulfide) groups is 2. The number of rotatable bonds is 6. The van der Waals surface area contributed by atoms with Gasteiger partial charge in [0, 0.05) is 9.79 Å². The van der Waals surface area contributed by atoms with Crippen LogP contribution in [0, 0.1) is 0 Å². The van der Waals surface area contributed by atoms with Crippen molar-refractivity contribution in [1.29, 1.82) is 0 Å². The minimum Gasteiger partial charge on any atom is -0.290 e. The number of hydrogen-bond acceptors (Lipinski definition) is 3. The van der Waals surface area contributed by atoms with Gasteiger partial charge in [-0.25, -0.2) is 0 Å². The van der Waals surface area contributed by atoms with E-state index in [2.05, 4.69) is 0 Å². The van der Waals surface area contributed by atoms with Crippen LogP contribution in [0.1, 0.15) is 11.1 Å². The Hall–Kier alpha value is -2.13. The molecule has 1 nitrogen and oxygen atoms in total. The highest BCUT2D eigenvalue weighted by Gasteiger charge is 2.29. The highest BCUT2D eigenvalue weighted by atomic mass is 32.2. The number of ketones is 1. The third-order valence-electron chi connectivity index (χ3n) is 3.11. The van der Waals surface area contributed by atoms with Gasteiger partial charge in [0.25, 0.3) is 0 Å². The van der Waals surface area contributed by atoms with E-state index in [0.717, 1.165) is 0 Å². The summed E-state index contributed by atoms with van der Waals surface area (Å²) in [5, 5.41) is 0. The maximum absolute atomic E-state index is 12.3. The second-order valence-corrected chi connectivity index (χ2v) is 7.58. The van der Waals surface area contributed by atoms with Gasteiger partial charge in [-0.1, -0.05) is 36.4 Å². The highest BCUT2D eigenvalue weighted by molar-refractivity contribution is 8.00. The standard InChI is InChI=1S/C19H12F6OS2/c20-18(21,22)27-16-9-3-13(4-10-16)1-7-15(26)8-2-14-5-11-17(12-6-14)28-19(23,24)25/h1-12H/b7-1+,8-2+. The van der Waals surface area contributed by atoms with E-state index in [-0.39, 0.29) is 39.1 Å². The number of halogens is 6. The molecule has 9 heteroatoms. The third kappa shape index (κ3) is 8.71. The molecular formula is C19H12F6OS2. The number of benzene rings is 2. The summed E-state index contributed by atoms with van der Waals surface area (Å²) in [6, 6.07) is 11.0. The van der Waals surface area contributed by atoms with Gasteiger partial charge >= 0.3 is 11.0 Å². The van der Waals surface area contributed by atoms with Crippen LogP contribution in [-0.2, 0) is 4.79 Å². The molecule has 0 fully saturated rings. The molecular weight excluding hydrogens is 422 g/mol. The molecule has 28 heavy (non-hydrogen) atoms. The quantitative estimate of drug-likeness (QED) is 0.272. The van der Waals surface area contributed by atoms with Crippen molar-refractivity contribution in [3.63, 3.8) is 0 Å². The molecule has 0 unspecified atom stereocenters. The van der Waals surface area contributed by atoms with Gasteiger partial charge in [0.2, 0.25) is 0 Å². The van der Waals surface area contributed by atoms with Gasteiger partial charge in [-0.3, -0.25) is 4.79 Å². The fourth-order valence-electron chi connectivity index (χ4n) is 1.97. The van der Waals surface area contributed by atoms with Gasteiger partial charge in [0.1, 0.15) is 0 Å². The van der Waals surface area contributed by atoms with E-state index in [1.165, 1.54) is 72.8 Å². The van der Waals surface area contributed by atoms with E-state index in [1.54, 1.807) is 0 Å². The fourth-order valence-corrected chi connectivity index (χ4v) is 3.05. The molecule has 0 amide bonds. The van der Waals surface area contributed by atoms with Gasteiger partial charge in [-0.15, -0.1) is 0 Å². The van der Waals surface area contributed by atoms with Crippen molar-refractivity contribution < 1.29 is 31.1 Å². The molecule has 0 spiro atoms. The van der Waals surface area contributed by atoms with E-state index in [9.17, 15) is 31.1 Å². The highest BCUT2D eigenvalue weighted by Crippen LogP contribution is 2.37. The first kappa shape index (κ1) is 22.2. The Morgan fingerprint density at radius 1 is 0.643 bits per heavy atom. The van der Waals surface area contributed by atoms with Crippen LogP contribution in [0.15, 0.2) is 70.5 Å². The third-order valence-corrected chi connectivity index (χ3v) is 4.59. The molecule has 0 saturated heterocycles. The van der Waals surface area contributed by atoms with Gasteiger partial charge in [0.15, 0.2) is 5.78 Å². The number of hydrogen-bond donors (Lipinski definition) is 0. The van der Waals surface area contributed by atoms with Crippen molar-refractivity contribution in [3.05, 3.63) is 71.8 Å². The topological polar surface area (TPSA) is 17.1 Å². The lowest BCUT2D eigenvalue weighted by atomic mass is 10.1. The Bertz CT molecular complexity index is 778. The van der Waals surface area contributed by atoms with Crippen molar-refractivity contribution in [1.82, 2.24) is 0 Å². The lowest BCUT2D eigenvalue weighted by Gasteiger charge is -2.05. The molecule has 0 aliphatic heterocycles. The minimum atomic E-state index is -4.36.